The molecule has 5 heteroatoms. The van der Waals surface area contributed by atoms with E-state index in [4.69, 9.17) is 5.26 Å². The van der Waals surface area contributed by atoms with Crippen molar-refractivity contribution < 1.29 is 4.39 Å². The Morgan fingerprint density at radius 3 is 2.45 bits per heavy atom. The molecule has 0 unspecified atom stereocenters. The average Bonchev–Trinajstić information content (AvgIpc) is 2.56. The molecule has 22 heavy (non-hydrogen) atoms. The van der Waals surface area contributed by atoms with E-state index >= 15 is 0 Å². The summed E-state index contributed by atoms with van der Waals surface area (Å²) in [5.74, 6) is 0.412. The van der Waals surface area contributed by atoms with Gasteiger partial charge in [-0.1, -0.05) is 24.3 Å². The van der Waals surface area contributed by atoms with Gasteiger partial charge in [-0.15, -0.1) is 22.0 Å². The van der Waals surface area contributed by atoms with Gasteiger partial charge in [0.15, 0.2) is 0 Å². The zero-order valence-electron chi connectivity index (χ0n) is 11.7. The minimum Gasteiger partial charge on any atom is -0.207 e. The van der Waals surface area contributed by atoms with Gasteiger partial charge in [-0.05, 0) is 24.3 Å². The van der Waals surface area contributed by atoms with Crippen LogP contribution in [0.5, 0.6) is 0 Å². The summed E-state index contributed by atoms with van der Waals surface area (Å²) in [4.78, 5) is 0. The summed E-state index contributed by atoms with van der Waals surface area (Å²) in [5, 5.41) is 20.0. The monoisotopic (exact) mass is 309 g/mol. The molecule has 0 aliphatic heterocycles. The van der Waals surface area contributed by atoms with Gasteiger partial charge in [0.25, 0.3) is 0 Å². The van der Waals surface area contributed by atoms with Crippen molar-refractivity contribution in [2.24, 2.45) is 0 Å². The van der Waals surface area contributed by atoms with Gasteiger partial charge < -0.3 is 0 Å². The first-order valence-electron chi connectivity index (χ1n) is 6.80. The van der Waals surface area contributed by atoms with Gasteiger partial charge in [0.05, 0.1) is 6.07 Å². The van der Waals surface area contributed by atoms with E-state index in [1.165, 1.54) is 23.9 Å². The molecule has 108 valence electrons. The number of fused-ring (bicyclic) bond motifs is 1. The molecule has 0 saturated carbocycles. The first-order valence-corrected chi connectivity index (χ1v) is 7.79. The summed E-state index contributed by atoms with van der Waals surface area (Å²) in [7, 11) is 0. The van der Waals surface area contributed by atoms with Crippen molar-refractivity contribution in [1.82, 2.24) is 10.2 Å². The van der Waals surface area contributed by atoms with Gasteiger partial charge in [-0.3, -0.25) is 0 Å². The number of hydrogen-bond acceptors (Lipinski definition) is 4. The molecule has 0 bridgehead atoms. The van der Waals surface area contributed by atoms with Crippen LogP contribution in [0.25, 0.3) is 22.0 Å². The predicted octanol–water partition coefficient (Wildman–Crippen LogP) is 4.44. The molecule has 0 aliphatic carbocycles. The number of thioether (sulfide) groups is 1. The third-order valence-electron chi connectivity index (χ3n) is 3.22. The second-order valence-electron chi connectivity index (χ2n) is 4.66. The Bertz CT molecular complexity index is 841. The highest BCUT2D eigenvalue weighted by molar-refractivity contribution is 7.99. The van der Waals surface area contributed by atoms with Crippen LogP contribution in [0.3, 0.4) is 0 Å². The number of nitriles is 1. The molecule has 3 rings (SSSR count). The highest BCUT2D eigenvalue weighted by Gasteiger charge is 2.11. The van der Waals surface area contributed by atoms with Gasteiger partial charge >= 0.3 is 0 Å². The lowest BCUT2D eigenvalue weighted by molar-refractivity contribution is 0.628. The summed E-state index contributed by atoms with van der Waals surface area (Å²) in [5.41, 5.74) is 1.57. The Morgan fingerprint density at radius 2 is 1.73 bits per heavy atom. The first kappa shape index (κ1) is 14.5. The molecule has 3 aromatic rings. The van der Waals surface area contributed by atoms with Crippen molar-refractivity contribution in [3.05, 3.63) is 54.3 Å². The predicted molar refractivity (Wildman–Crippen MR) is 85.9 cm³/mol. The fourth-order valence-electron chi connectivity index (χ4n) is 2.20. The van der Waals surface area contributed by atoms with Crippen LogP contribution in [0, 0.1) is 17.1 Å². The maximum absolute atomic E-state index is 13.1. The van der Waals surface area contributed by atoms with Gasteiger partial charge in [0, 0.05) is 28.5 Å². The molecule has 0 N–H and O–H groups in total. The number of nitrogens with zero attached hydrogens (tertiary/aromatic N) is 3. The molecule has 0 aliphatic rings. The van der Waals surface area contributed by atoms with Gasteiger partial charge in [-0.25, -0.2) is 4.39 Å². The standard InChI is InChI=1S/C17H12FN3S/c18-13-8-6-12(7-9-13)16-14-4-1-2-5-15(14)17(21-20-16)22-11-3-10-19/h1-2,4-9H,3,11H2. The van der Waals surface area contributed by atoms with Crippen LogP contribution >= 0.6 is 11.8 Å². The van der Waals surface area contributed by atoms with Crippen LogP contribution < -0.4 is 0 Å². The van der Waals surface area contributed by atoms with Crippen molar-refractivity contribution in [2.45, 2.75) is 11.4 Å². The topological polar surface area (TPSA) is 49.6 Å². The van der Waals surface area contributed by atoms with Crippen molar-refractivity contribution in [3.63, 3.8) is 0 Å². The molecule has 0 saturated heterocycles. The van der Waals surface area contributed by atoms with Crippen molar-refractivity contribution in [3.8, 4) is 17.3 Å². The van der Waals surface area contributed by atoms with Crippen LogP contribution in [0.1, 0.15) is 6.42 Å². The van der Waals surface area contributed by atoms with Crippen molar-refractivity contribution in [1.29, 1.82) is 5.26 Å². The van der Waals surface area contributed by atoms with Crippen LogP contribution in [0.4, 0.5) is 4.39 Å². The molecule has 2 aromatic carbocycles. The van der Waals surface area contributed by atoms with Gasteiger partial charge in [0.2, 0.25) is 0 Å². The Balaban J connectivity index is 2.08. The zero-order valence-corrected chi connectivity index (χ0v) is 12.5. The van der Waals surface area contributed by atoms with E-state index in [1.807, 2.05) is 24.3 Å². The van der Waals surface area contributed by atoms with Crippen LogP contribution in [-0.4, -0.2) is 16.0 Å². The summed E-state index contributed by atoms with van der Waals surface area (Å²) >= 11 is 1.52. The number of hydrogen-bond donors (Lipinski definition) is 0. The second-order valence-corrected chi connectivity index (χ2v) is 5.75. The molecule has 0 amide bonds. The Hall–Kier alpha value is -2.45. The fraction of sp³-hybridized carbons (Fsp3) is 0.118. The molecule has 0 fully saturated rings. The number of benzene rings is 2. The number of aromatic nitrogens is 2. The molecule has 1 heterocycles. The smallest absolute Gasteiger partial charge is 0.127 e. The molecule has 0 atom stereocenters. The van der Waals surface area contributed by atoms with Crippen LogP contribution in [0.15, 0.2) is 53.6 Å². The summed E-state index contributed by atoms with van der Waals surface area (Å²) < 4.78 is 13.1. The molecular formula is C17H12FN3S. The summed E-state index contributed by atoms with van der Waals surface area (Å²) in [6.45, 7) is 0. The third kappa shape index (κ3) is 2.92. The van der Waals surface area contributed by atoms with E-state index in [1.54, 1.807) is 12.1 Å². The molecule has 1 aromatic heterocycles. The lowest BCUT2D eigenvalue weighted by Crippen LogP contribution is -1.94. The van der Waals surface area contributed by atoms with E-state index in [9.17, 15) is 4.39 Å². The fourth-order valence-corrected chi connectivity index (χ4v) is 3.02. The quantitative estimate of drug-likeness (QED) is 0.528. The summed E-state index contributed by atoms with van der Waals surface area (Å²) in [6.07, 6.45) is 0.473. The van der Waals surface area contributed by atoms with Crippen molar-refractivity contribution in [2.75, 3.05) is 5.75 Å². The van der Waals surface area contributed by atoms with Crippen LogP contribution in [0.2, 0.25) is 0 Å². The average molecular weight is 309 g/mol. The van der Waals surface area contributed by atoms with Crippen LogP contribution in [-0.2, 0) is 0 Å². The Labute approximate surface area is 131 Å². The second kappa shape index (κ2) is 6.54. The van der Waals surface area contributed by atoms with E-state index in [0.717, 1.165) is 27.1 Å². The maximum atomic E-state index is 13.1. The highest BCUT2D eigenvalue weighted by atomic mass is 32.2. The first-order chi connectivity index (χ1) is 10.8. The normalized spacial score (nSPS) is 10.5. The molecule has 0 radical (unpaired) electrons. The van der Waals surface area contributed by atoms with E-state index in [2.05, 4.69) is 16.3 Å². The van der Waals surface area contributed by atoms with Gasteiger partial charge in [-0.2, -0.15) is 5.26 Å². The maximum Gasteiger partial charge on any atom is 0.127 e. The van der Waals surface area contributed by atoms with E-state index < -0.39 is 0 Å². The minimum atomic E-state index is -0.273. The zero-order chi connectivity index (χ0) is 15.4. The minimum absolute atomic E-state index is 0.273. The summed E-state index contributed by atoms with van der Waals surface area (Å²) in [6, 6.07) is 16.2. The van der Waals surface area contributed by atoms with E-state index in [0.29, 0.717) is 12.2 Å². The Kier molecular flexibility index (Phi) is 4.31. The highest BCUT2D eigenvalue weighted by Crippen LogP contribution is 2.31. The lowest BCUT2D eigenvalue weighted by Gasteiger charge is -2.08. The number of rotatable bonds is 4. The molecule has 0 spiro atoms. The van der Waals surface area contributed by atoms with Crippen molar-refractivity contribution >= 4 is 22.5 Å². The largest absolute Gasteiger partial charge is 0.207 e. The Morgan fingerprint density at radius 1 is 1.00 bits per heavy atom. The van der Waals surface area contributed by atoms with E-state index in [-0.39, 0.29) is 5.82 Å². The molecule has 3 nitrogen and oxygen atoms in total. The van der Waals surface area contributed by atoms with Gasteiger partial charge in [0.1, 0.15) is 16.5 Å². The third-order valence-corrected chi connectivity index (χ3v) is 4.21. The SMILES string of the molecule is N#CCCSc1nnc(-c2ccc(F)cc2)c2ccccc12. The lowest BCUT2D eigenvalue weighted by atomic mass is 10.1. The molecular weight excluding hydrogens is 297 g/mol. The number of halogens is 1.